The molecule has 0 amide bonds. The van der Waals surface area contributed by atoms with E-state index in [1.54, 1.807) is 0 Å². The normalized spacial score (nSPS) is 13.8. The standard InChI is InChI=1S/C69H118NO8P/c1-3-5-7-9-11-13-15-17-19-21-23-25-27-28-29-30-31-32-33-34-35-36-37-38-40-42-44-46-48-50-52-54-56-58-60-62-69(72)78-67(66-77-79(73,74)76-64-63-70)65-75-68(71)61-59-57-55-53-51-49-47-45-43-41-39-26-24-22-20-18-16-14-12-10-8-6-4-2/h5,7,11,13,17,19,23,25,28-29,31-32,34-35,37-38,42,44,48,50,67H,3-4,6,8-10,12,14-16,18,20-22,24,26-27,30,33,36,39-41,43,45-47,49,51-66,70H2,1-2H3,(H,73,74)/b7-5-,13-11-,19-17-,25-23-,29-28-,32-31-,35-34-,38-37-,44-42-,50-48-. The third-order valence-electron chi connectivity index (χ3n) is 13.4. The van der Waals surface area contributed by atoms with Crippen LogP contribution in [-0.4, -0.2) is 49.3 Å². The molecule has 2 atom stereocenters. The van der Waals surface area contributed by atoms with Crippen LogP contribution in [0.1, 0.15) is 271 Å². The van der Waals surface area contributed by atoms with Gasteiger partial charge in [0, 0.05) is 19.4 Å². The Balaban J connectivity index is 4.04. The van der Waals surface area contributed by atoms with Crippen molar-refractivity contribution in [2.24, 2.45) is 5.73 Å². The summed E-state index contributed by atoms with van der Waals surface area (Å²) in [5.74, 6) is -0.855. The third-order valence-corrected chi connectivity index (χ3v) is 14.3. The number of unbranched alkanes of at least 4 members (excludes halogenated alkanes) is 26. The molecule has 79 heavy (non-hydrogen) atoms. The average molecular weight is 1120 g/mol. The third kappa shape index (κ3) is 63.5. The van der Waals surface area contributed by atoms with Crippen LogP contribution in [0.2, 0.25) is 0 Å². The van der Waals surface area contributed by atoms with Gasteiger partial charge in [-0.1, -0.05) is 289 Å². The summed E-state index contributed by atoms with van der Waals surface area (Å²) in [4.78, 5) is 35.3. The zero-order chi connectivity index (χ0) is 57.3. The van der Waals surface area contributed by atoms with Gasteiger partial charge in [-0.25, -0.2) is 4.57 Å². The minimum Gasteiger partial charge on any atom is -0.462 e. The molecule has 0 saturated carbocycles. The summed E-state index contributed by atoms with van der Waals surface area (Å²) < 4.78 is 33.1. The van der Waals surface area contributed by atoms with Crippen molar-refractivity contribution in [2.75, 3.05) is 26.4 Å². The summed E-state index contributed by atoms with van der Waals surface area (Å²) in [6, 6.07) is 0. The summed E-state index contributed by atoms with van der Waals surface area (Å²) in [7, 11) is -4.40. The first-order chi connectivity index (χ1) is 38.8. The van der Waals surface area contributed by atoms with E-state index in [-0.39, 0.29) is 38.6 Å². The highest BCUT2D eigenvalue weighted by molar-refractivity contribution is 7.47. The first-order valence-electron chi connectivity index (χ1n) is 32.0. The molecule has 0 aromatic heterocycles. The summed E-state index contributed by atoms with van der Waals surface area (Å²) >= 11 is 0. The van der Waals surface area contributed by atoms with Gasteiger partial charge in [-0.05, 0) is 89.9 Å². The fraction of sp³-hybridized carbons (Fsp3) is 0.681. The van der Waals surface area contributed by atoms with Gasteiger partial charge in [0.15, 0.2) is 6.10 Å². The van der Waals surface area contributed by atoms with Crippen LogP contribution in [0.25, 0.3) is 0 Å². The molecule has 10 heteroatoms. The van der Waals surface area contributed by atoms with Gasteiger partial charge in [0.25, 0.3) is 0 Å². The fourth-order valence-corrected chi connectivity index (χ4v) is 9.43. The van der Waals surface area contributed by atoms with Gasteiger partial charge in [-0.3, -0.25) is 18.6 Å². The van der Waals surface area contributed by atoms with Gasteiger partial charge < -0.3 is 20.1 Å². The Bertz CT molecular complexity index is 1710. The van der Waals surface area contributed by atoms with Crippen LogP contribution >= 0.6 is 7.82 Å². The quantitative estimate of drug-likeness (QED) is 0.0264. The van der Waals surface area contributed by atoms with Crippen LogP contribution in [-0.2, 0) is 32.7 Å². The SMILES string of the molecule is CC/C=C\C/C=C\C/C=C\C/C=C\C/C=C\C/C=C\C/C=C\C/C=C\C/C=C\C/C=C\CCCCCCC(=O)OC(COC(=O)CCCCCCCCCCCCCCCCCCCCCCCCC)COP(=O)(O)OCCN. The van der Waals surface area contributed by atoms with Crippen LogP contribution in [0.4, 0.5) is 0 Å². The second-order valence-corrected chi connectivity index (χ2v) is 22.4. The Kier molecular flexibility index (Phi) is 60.7. The van der Waals surface area contributed by atoms with Gasteiger partial charge >= 0.3 is 19.8 Å². The lowest BCUT2D eigenvalue weighted by molar-refractivity contribution is -0.161. The number of allylic oxidation sites excluding steroid dienone is 20. The molecule has 0 rings (SSSR count). The minimum atomic E-state index is -4.40. The molecule has 0 aromatic carbocycles. The molecular formula is C69H118NO8P. The largest absolute Gasteiger partial charge is 0.472 e. The number of phosphoric ester groups is 1. The van der Waals surface area contributed by atoms with Crippen LogP contribution < -0.4 is 5.73 Å². The van der Waals surface area contributed by atoms with Crippen molar-refractivity contribution < 1.29 is 37.6 Å². The zero-order valence-electron chi connectivity index (χ0n) is 50.6. The Morgan fingerprint density at radius 2 is 0.696 bits per heavy atom. The number of esters is 2. The van der Waals surface area contributed by atoms with Gasteiger partial charge in [-0.15, -0.1) is 0 Å². The maximum absolute atomic E-state index is 12.7. The number of phosphoric acid groups is 1. The van der Waals surface area contributed by atoms with Crippen LogP contribution in [0.3, 0.4) is 0 Å². The van der Waals surface area contributed by atoms with Crippen LogP contribution in [0, 0.1) is 0 Å². The van der Waals surface area contributed by atoms with Crippen molar-refractivity contribution in [3.05, 3.63) is 122 Å². The number of nitrogens with two attached hydrogens (primary N) is 1. The molecule has 3 N–H and O–H groups in total. The van der Waals surface area contributed by atoms with Crippen molar-refractivity contribution in [2.45, 2.75) is 277 Å². The molecule has 2 unspecified atom stereocenters. The molecule has 452 valence electrons. The van der Waals surface area contributed by atoms with Gasteiger partial charge in [0.2, 0.25) is 0 Å². The Labute approximate surface area is 485 Å². The van der Waals surface area contributed by atoms with E-state index < -0.39 is 26.5 Å². The van der Waals surface area contributed by atoms with Crippen molar-refractivity contribution in [3.63, 3.8) is 0 Å². The predicted molar refractivity (Wildman–Crippen MR) is 339 cm³/mol. The molecule has 0 bridgehead atoms. The average Bonchev–Trinajstić information content (AvgIpc) is 3.44. The van der Waals surface area contributed by atoms with Crippen LogP contribution in [0.5, 0.6) is 0 Å². The molecule has 0 saturated heterocycles. The van der Waals surface area contributed by atoms with E-state index in [2.05, 4.69) is 135 Å². The van der Waals surface area contributed by atoms with E-state index in [1.807, 2.05) is 0 Å². The van der Waals surface area contributed by atoms with Crippen molar-refractivity contribution in [1.29, 1.82) is 0 Å². The molecule has 0 spiro atoms. The van der Waals surface area contributed by atoms with Gasteiger partial charge in [0.1, 0.15) is 6.61 Å². The monoisotopic (exact) mass is 1120 g/mol. The van der Waals surface area contributed by atoms with Crippen molar-refractivity contribution in [1.82, 2.24) is 0 Å². The van der Waals surface area contributed by atoms with E-state index >= 15 is 0 Å². The molecule has 0 aliphatic carbocycles. The molecule has 0 fully saturated rings. The lowest BCUT2D eigenvalue weighted by Crippen LogP contribution is -2.29. The number of hydrogen-bond donors (Lipinski definition) is 2. The maximum atomic E-state index is 12.7. The second-order valence-electron chi connectivity index (χ2n) is 20.9. The first kappa shape index (κ1) is 75.4. The number of rotatable bonds is 59. The highest BCUT2D eigenvalue weighted by Gasteiger charge is 2.26. The van der Waals surface area contributed by atoms with Crippen molar-refractivity contribution >= 4 is 19.8 Å². The van der Waals surface area contributed by atoms with E-state index in [1.165, 1.54) is 128 Å². The molecule has 0 aromatic rings. The topological polar surface area (TPSA) is 134 Å². The summed E-state index contributed by atoms with van der Waals surface area (Å²) in [5.41, 5.74) is 5.39. The smallest absolute Gasteiger partial charge is 0.462 e. The van der Waals surface area contributed by atoms with E-state index in [9.17, 15) is 19.0 Å². The number of carbonyl (C=O) groups excluding carboxylic acids is 2. The lowest BCUT2D eigenvalue weighted by Gasteiger charge is -2.19. The Hall–Kier alpha value is -3.59. The number of hydrogen-bond acceptors (Lipinski definition) is 8. The van der Waals surface area contributed by atoms with Gasteiger partial charge in [-0.2, -0.15) is 0 Å². The fourth-order valence-electron chi connectivity index (χ4n) is 8.67. The van der Waals surface area contributed by atoms with E-state index in [0.717, 1.165) is 109 Å². The highest BCUT2D eigenvalue weighted by Crippen LogP contribution is 2.43. The minimum absolute atomic E-state index is 0.0440. The Morgan fingerprint density at radius 1 is 0.392 bits per heavy atom. The number of carbonyl (C=O) groups is 2. The molecular weight excluding hydrogens is 1000 g/mol. The number of ether oxygens (including phenoxy) is 2. The molecule has 0 radical (unpaired) electrons. The summed E-state index contributed by atoms with van der Waals surface area (Å²) in [6.07, 6.45) is 88.4. The predicted octanol–water partition coefficient (Wildman–Crippen LogP) is 20.7. The zero-order valence-corrected chi connectivity index (χ0v) is 51.5. The van der Waals surface area contributed by atoms with Crippen LogP contribution in [0.15, 0.2) is 122 Å². The van der Waals surface area contributed by atoms with E-state index in [4.69, 9.17) is 24.3 Å². The first-order valence-corrected chi connectivity index (χ1v) is 33.5. The molecule has 0 aliphatic rings. The molecule has 0 heterocycles. The maximum Gasteiger partial charge on any atom is 0.472 e. The summed E-state index contributed by atoms with van der Waals surface area (Å²) in [6.45, 7) is 3.62. The summed E-state index contributed by atoms with van der Waals surface area (Å²) in [5, 5.41) is 0. The van der Waals surface area contributed by atoms with Gasteiger partial charge in [0.05, 0.1) is 13.2 Å². The second kappa shape index (κ2) is 63.6. The van der Waals surface area contributed by atoms with E-state index in [0.29, 0.717) is 6.42 Å². The van der Waals surface area contributed by atoms with Crippen molar-refractivity contribution in [3.8, 4) is 0 Å². The molecule has 0 aliphatic heterocycles. The Morgan fingerprint density at radius 3 is 1.04 bits per heavy atom. The molecule has 9 nitrogen and oxygen atoms in total. The lowest BCUT2D eigenvalue weighted by atomic mass is 10.0. The highest BCUT2D eigenvalue weighted by atomic mass is 31.2.